The molecule has 1 fully saturated rings. The molecule has 3 heteroatoms. The number of hydrogen-bond donors (Lipinski definition) is 2. The second-order valence-electron chi connectivity index (χ2n) is 5.90. The van der Waals surface area contributed by atoms with E-state index in [-0.39, 0.29) is 11.9 Å². The number of carbonyl (C=O) groups excluding carboxylic acids is 1. The molecule has 2 N–H and O–H groups in total. The summed E-state index contributed by atoms with van der Waals surface area (Å²) in [5.41, 5.74) is 1.79. The van der Waals surface area contributed by atoms with Gasteiger partial charge in [0.05, 0.1) is 0 Å². The van der Waals surface area contributed by atoms with Crippen LogP contribution in [0.3, 0.4) is 0 Å². The predicted octanol–water partition coefficient (Wildman–Crippen LogP) is 3.87. The Kier molecular flexibility index (Phi) is 3.77. The van der Waals surface area contributed by atoms with Gasteiger partial charge in [-0.3, -0.25) is 4.79 Å². The standard InChI is InChI=1S/C17H22N2O/c1-12(13-6-3-2-4-7-13)19-17(20)15-8-5-9-16-14(15)10-11-18-16/h5,8-13,18H,2-4,6-7H2,1H3,(H,19,20). The van der Waals surface area contributed by atoms with Crippen LogP contribution in [0.15, 0.2) is 30.5 Å². The summed E-state index contributed by atoms with van der Waals surface area (Å²) in [5.74, 6) is 0.686. The zero-order chi connectivity index (χ0) is 13.9. The first-order valence-corrected chi connectivity index (χ1v) is 7.62. The summed E-state index contributed by atoms with van der Waals surface area (Å²) in [4.78, 5) is 15.6. The third-order valence-electron chi connectivity index (χ3n) is 4.56. The molecule has 20 heavy (non-hydrogen) atoms. The number of amides is 1. The minimum atomic E-state index is 0.0493. The SMILES string of the molecule is CC(NC(=O)c1cccc2[nH]ccc12)C1CCCCC1. The van der Waals surface area contributed by atoms with Crippen LogP contribution in [-0.2, 0) is 0 Å². The van der Waals surface area contributed by atoms with Crippen molar-refractivity contribution >= 4 is 16.8 Å². The van der Waals surface area contributed by atoms with Crippen LogP contribution < -0.4 is 5.32 Å². The minimum Gasteiger partial charge on any atom is -0.361 e. The average Bonchev–Trinajstić information content (AvgIpc) is 2.96. The van der Waals surface area contributed by atoms with Gasteiger partial charge in [0.15, 0.2) is 0 Å². The molecular weight excluding hydrogens is 248 g/mol. The summed E-state index contributed by atoms with van der Waals surface area (Å²) in [6.07, 6.45) is 8.33. The maximum atomic E-state index is 12.5. The molecule has 2 aromatic rings. The van der Waals surface area contributed by atoms with Crippen molar-refractivity contribution in [1.82, 2.24) is 10.3 Å². The number of nitrogens with one attached hydrogen (secondary N) is 2. The summed E-state index contributed by atoms with van der Waals surface area (Å²) in [6.45, 7) is 2.14. The highest BCUT2D eigenvalue weighted by Crippen LogP contribution is 2.26. The van der Waals surface area contributed by atoms with E-state index >= 15 is 0 Å². The van der Waals surface area contributed by atoms with Gasteiger partial charge in [-0.05, 0) is 43.9 Å². The summed E-state index contributed by atoms with van der Waals surface area (Å²) in [5, 5.41) is 4.20. The summed E-state index contributed by atoms with van der Waals surface area (Å²) >= 11 is 0. The largest absolute Gasteiger partial charge is 0.361 e. The van der Waals surface area contributed by atoms with E-state index in [4.69, 9.17) is 0 Å². The van der Waals surface area contributed by atoms with Crippen LogP contribution in [0, 0.1) is 5.92 Å². The van der Waals surface area contributed by atoms with Crippen molar-refractivity contribution in [1.29, 1.82) is 0 Å². The first kappa shape index (κ1) is 13.2. The van der Waals surface area contributed by atoms with E-state index in [1.54, 1.807) is 0 Å². The zero-order valence-electron chi connectivity index (χ0n) is 12.0. The molecular formula is C17H22N2O. The van der Waals surface area contributed by atoms with Crippen molar-refractivity contribution in [2.45, 2.75) is 45.1 Å². The smallest absolute Gasteiger partial charge is 0.252 e. The molecule has 1 saturated carbocycles. The fourth-order valence-corrected chi connectivity index (χ4v) is 3.32. The van der Waals surface area contributed by atoms with Crippen molar-refractivity contribution < 1.29 is 4.79 Å². The molecule has 1 aromatic carbocycles. The molecule has 1 aliphatic rings. The van der Waals surface area contributed by atoms with Gasteiger partial charge < -0.3 is 10.3 Å². The minimum absolute atomic E-state index is 0.0493. The molecule has 0 saturated heterocycles. The van der Waals surface area contributed by atoms with Crippen molar-refractivity contribution in [3.05, 3.63) is 36.0 Å². The summed E-state index contributed by atoms with van der Waals surface area (Å²) in [7, 11) is 0. The Labute approximate surface area is 119 Å². The Morgan fingerprint density at radius 1 is 1.25 bits per heavy atom. The van der Waals surface area contributed by atoms with E-state index in [0.717, 1.165) is 16.5 Å². The lowest BCUT2D eigenvalue weighted by molar-refractivity contribution is 0.0921. The number of benzene rings is 1. The lowest BCUT2D eigenvalue weighted by Gasteiger charge is -2.28. The van der Waals surface area contributed by atoms with E-state index in [0.29, 0.717) is 5.92 Å². The Morgan fingerprint density at radius 2 is 2.05 bits per heavy atom. The molecule has 0 aliphatic heterocycles. The zero-order valence-corrected chi connectivity index (χ0v) is 12.0. The van der Waals surface area contributed by atoms with Gasteiger partial charge in [0.2, 0.25) is 0 Å². The molecule has 1 atom stereocenters. The van der Waals surface area contributed by atoms with Gasteiger partial charge in [-0.15, -0.1) is 0 Å². The highest BCUT2D eigenvalue weighted by molar-refractivity contribution is 6.06. The Morgan fingerprint density at radius 3 is 2.85 bits per heavy atom. The lowest BCUT2D eigenvalue weighted by atomic mass is 9.84. The molecule has 0 radical (unpaired) electrons. The monoisotopic (exact) mass is 270 g/mol. The highest BCUT2D eigenvalue weighted by Gasteiger charge is 2.22. The first-order valence-electron chi connectivity index (χ1n) is 7.62. The van der Waals surface area contributed by atoms with Gasteiger partial charge >= 0.3 is 0 Å². The number of carbonyl (C=O) groups is 1. The Balaban J connectivity index is 1.74. The van der Waals surface area contributed by atoms with E-state index in [1.807, 2.05) is 30.5 Å². The number of aromatic nitrogens is 1. The van der Waals surface area contributed by atoms with Crippen LogP contribution in [0.5, 0.6) is 0 Å². The molecule has 3 nitrogen and oxygen atoms in total. The second-order valence-corrected chi connectivity index (χ2v) is 5.90. The molecule has 0 bridgehead atoms. The van der Waals surface area contributed by atoms with Crippen molar-refractivity contribution in [3.63, 3.8) is 0 Å². The fraction of sp³-hybridized carbons (Fsp3) is 0.471. The van der Waals surface area contributed by atoms with E-state index < -0.39 is 0 Å². The lowest BCUT2D eigenvalue weighted by Crippen LogP contribution is -2.38. The van der Waals surface area contributed by atoms with Gasteiger partial charge in [0.25, 0.3) is 5.91 Å². The quantitative estimate of drug-likeness (QED) is 0.873. The molecule has 106 valence electrons. The van der Waals surface area contributed by atoms with Crippen LogP contribution in [0.4, 0.5) is 0 Å². The molecule has 0 spiro atoms. The van der Waals surface area contributed by atoms with Crippen molar-refractivity contribution in [2.75, 3.05) is 0 Å². The third-order valence-corrected chi connectivity index (χ3v) is 4.56. The Bertz CT molecular complexity index is 596. The maximum absolute atomic E-state index is 12.5. The molecule has 1 heterocycles. The maximum Gasteiger partial charge on any atom is 0.252 e. The number of rotatable bonds is 3. The van der Waals surface area contributed by atoms with Crippen molar-refractivity contribution in [2.24, 2.45) is 5.92 Å². The molecule has 1 aromatic heterocycles. The van der Waals surface area contributed by atoms with Crippen LogP contribution in [0.25, 0.3) is 10.9 Å². The van der Waals surface area contributed by atoms with Crippen LogP contribution >= 0.6 is 0 Å². The van der Waals surface area contributed by atoms with Gasteiger partial charge in [-0.1, -0.05) is 25.3 Å². The third kappa shape index (κ3) is 2.58. The van der Waals surface area contributed by atoms with Gasteiger partial charge in [-0.2, -0.15) is 0 Å². The first-order chi connectivity index (χ1) is 9.75. The van der Waals surface area contributed by atoms with Crippen LogP contribution in [-0.4, -0.2) is 16.9 Å². The number of fused-ring (bicyclic) bond motifs is 1. The number of H-pyrrole nitrogens is 1. The molecule has 1 aliphatic carbocycles. The van der Waals surface area contributed by atoms with Gasteiger partial charge in [-0.25, -0.2) is 0 Å². The van der Waals surface area contributed by atoms with Crippen LogP contribution in [0.2, 0.25) is 0 Å². The van der Waals surface area contributed by atoms with E-state index in [1.165, 1.54) is 32.1 Å². The topological polar surface area (TPSA) is 44.9 Å². The summed E-state index contributed by atoms with van der Waals surface area (Å²) in [6, 6.07) is 8.06. The van der Waals surface area contributed by atoms with Gasteiger partial charge in [0, 0.05) is 28.7 Å². The average molecular weight is 270 g/mol. The number of hydrogen-bond acceptors (Lipinski definition) is 1. The molecule has 1 amide bonds. The predicted molar refractivity (Wildman–Crippen MR) is 81.8 cm³/mol. The van der Waals surface area contributed by atoms with Gasteiger partial charge in [0.1, 0.15) is 0 Å². The van der Waals surface area contributed by atoms with Crippen molar-refractivity contribution in [3.8, 4) is 0 Å². The van der Waals surface area contributed by atoms with E-state index in [2.05, 4.69) is 17.2 Å². The van der Waals surface area contributed by atoms with E-state index in [9.17, 15) is 4.79 Å². The molecule has 1 unspecified atom stereocenters. The highest BCUT2D eigenvalue weighted by atomic mass is 16.1. The summed E-state index contributed by atoms with van der Waals surface area (Å²) < 4.78 is 0. The molecule has 3 rings (SSSR count). The number of aromatic amines is 1. The normalized spacial score (nSPS) is 18.1. The second kappa shape index (κ2) is 5.70. The fourth-order valence-electron chi connectivity index (χ4n) is 3.32. The van der Waals surface area contributed by atoms with Crippen LogP contribution in [0.1, 0.15) is 49.4 Å². The Hall–Kier alpha value is -1.77.